The highest BCUT2D eigenvalue weighted by molar-refractivity contribution is 5.75. The normalized spacial score (nSPS) is 11.0. The van der Waals surface area contributed by atoms with Gasteiger partial charge in [0.15, 0.2) is 5.69 Å². The van der Waals surface area contributed by atoms with E-state index in [4.69, 9.17) is 9.94 Å². The van der Waals surface area contributed by atoms with Crippen LogP contribution in [0, 0.1) is 0 Å². The highest BCUT2D eigenvalue weighted by atomic mass is 16.5. The summed E-state index contributed by atoms with van der Waals surface area (Å²) in [5, 5.41) is 11.6. The minimum Gasteiger partial charge on any atom is -0.494 e. The van der Waals surface area contributed by atoms with E-state index in [-0.39, 0.29) is 0 Å². The summed E-state index contributed by atoms with van der Waals surface area (Å²) in [4.78, 5) is 0. The molecule has 2 aromatic rings. The summed E-state index contributed by atoms with van der Waals surface area (Å²) < 4.78 is 9.22. The number of rotatable bonds is 4. The number of aromatic nitrogens is 2. The molecule has 1 aromatic carbocycles. The van der Waals surface area contributed by atoms with E-state index in [0.29, 0.717) is 6.61 Å². The Kier molecular flexibility index (Phi) is 3.62. The first-order chi connectivity index (χ1) is 8.74. The van der Waals surface area contributed by atoms with Gasteiger partial charge in [-0.3, -0.25) is 0 Å². The summed E-state index contributed by atoms with van der Waals surface area (Å²) >= 11 is 0. The SMILES string of the molecule is CCOc1ccc(-[n+]2cc(/C=N/O)n(C)c2)cc1. The van der Waals surface area contributed by atoms with Gasteiger partial charge in [-0.2, -0.15) is 0 Å². The van der Waals surface area contributed by atoms with Gasteiger partial charge in [-0.15, -0.1) is 0 Å². The number of benzene rings is 1. The Balaban J connectivity index is 2.28. The van der Waals surface area contributed by atoms with Crippen molar-refractivity contribution in [2.24, 2.45) is 12.2 Å². The van der Waals surface area contributed by atoms with Crippen molar-refractivity contribution in [1.82, 2.24) is 4.57 Å². The van der Waals surface area contributed by atoms with Gasteiger partial charge >= 0.3 is 0 Å². The second kappa shape index (κ2) is 5.35. The summed E-state index contributed by atoms with van der Waals surface area (Å²) in [6.45, 7) is 2.62. The summed E-state index contributed by atoms with van der Waals surface area (Å²) in [6.07, 6.45) is 5.19. The van der Waals surface area contributed by atoms with Crippen molar-refractivity contribution in [2.45, 2.75) is 6.92 Å². The molecule has 94 valence electrons. The summed E-state index contributed by atoms with van der Waals surface area (Å²) in [7, 11) is 1.89. The molecule has 0 unspecified atom stereocenters. The molecule has 5 nitrogen and oxygen atoms in total. The Labute approximate surface area is 106 Å². The largest absolute Gasteiger partial charge is 0.494 e. The van der Waals surface area contributed by atoms with Gasteiger partial charge in [0.05, 0.1) is 13.7 Å². The second-order valence-electron chi connectivity index (χ2n) is 3.86. The fourth-order valence-corrected chi connectivity index (χ4v) is 1.73. The molecule has 1 aromatic heterocycles. The number of oxime groups is 1. The Hall–Kier alpha value is -2.30. The van der Waals surface area contributed by atoms with Crippen LogP contribution in [0.3, 0.4) is 0 Å². The highest BCUT2D eigenvalue weighted by Crippen LogP contribution is 2.12. The minimum atomic E-state index is 0.662. The maximum absolute atomic E-state index is 8.55. The number of hydrogen-bond acceptors (Lipinski definition) is 3. The Morgan fingerprint density at radius 2 is 2.11 bits per heavy atom. The molecular weight excluding hydrogens is 230 g/mol. The number of ether oxygens (including phenoxy) is 1. The Bertz CT molecular complexity index is 544. The first-order valence-electron chi connectivity index (χ1n) is 5.73. The number of hydrogen-bond donors (Lipinski definition) is 1. The van der Waals surface area contributed by atoms with Crippen LogP contribution in [0.4, 0.5) is 0 Å². The topological polar surface area (TPSA) is 50.6 Å². The van der Waals surface area contributed by atoms with E-state index >= 15 is 0 Å². The molecule has 0 bridgehead atoms. The van der Waals surface area contributed by atoms with Gasteiger partial charge in [0.1, 0.15) is 23.8 Å². The van der Waals surface area contributed by atoms with Gasteiger partial charge in [0.2, 0.25) is 6.33 Å². The molecule has 0 amide bonds. The van der Waals surface area contributed by atoms with Crippen LogP contribution in [-0.2, 0) is 7.05 Å². The quantitative estimate of drug-likeness (QED) is 0.385. The zero-order valence-electron chi connectivity index (χ0n) is 10.4. The Morgan fingerprint density at radius 3 is 2.72 bits per heavy atom. The molecule has 0 atom stereocenters. The van der Waals surface area contributed by atoms with Crippen molar-refractivity contribution in [2.75, 3.05) is 6.61 Å². The maximum Gasteiger partial charge on any atom is 0.249 e. The number of aryl methyl sites for hydroxylation is 1. The third-order valence-corrected chi connectivity index (χ3v) is 2.61. The standard InChI is InChI=1S/C13H15N3O2/c1-3-18-13-6-4-11(5-7-13)16-9-12(8-14-17)15(2)10-16/h4-10H,3H2,1-2H3/p+1/b14-8+. The van der Waals surface area contributed by atoms with Crippen LogP contribution in [0.25, 0.3) is 5.69 Å². The van der Waals surface area contributed by atoms with E-state index in [1.165, 1.54) is 6.21 Å². The van der Waals surface area contributed by atoms with Crippen LogP contribution in [0.5, 0.6) is 5.75 Å². The van der Waals surface area contributed by atoms with Crippen LogP contribution in [-0.4, -0.2) is 22.6 Å². The molecule has 0 aliphatic rings. The van der Waals surface area contributed by atoms with E-state index in [9.17, 15) is 0 Å². The van der Waals surface area contributed by atoms with Crippen LogP contribution < -0.4 is 9.30 Å². The van der Waals surface area contributed by atoms with E-state index in [2.05, 4.69) is 5.16 Å². The summed E-state index contributed by atoms with van der Waals surface area (Å²) in [5.41, 5.74) is 1.83. The van der Waals surface area contributed by atoms with Gasteiger partial charge in [-0.25, -0.2) is 9.13 Å². The van der Waals surface area contributed by atoms with Gasteiger partial charge in [0.25, 0.3) is 0 Å². The van der Waals surface area contributed by atoms with Gasteiger partial charge in [0, 0.05) is 0 Å². The fraction of sp³-hybridized carbons (Fsp3) is 0.231. The monoisotopic (exact) mass is 246 g/mol. The van der Waals surface area contributed by atoms with E-state index < -0.39 is 0 Å². The smallest absolute Gasteiger partial charge is 0.249 e. The third-order valence-electron chi connectivity index (χ3n) is 2.61. The molecule has 0 saturated heterocycles. The molecule has 0 aliphatic heterocycles. The fourth-order valence-electron chi connectivity index (χ4n) is 1.73. The lowest BCUT2D eigenvalue weighted by molar-refractivity contribution is -0.595. The molecule has 1 N–H and O–H groups in total. The third kappa shape index (κ3) is 2.51. The summed E-state index contributed by atoms with van der Waals surface area (Å²) in [5.74, 6) is 0.856. The van der Waals surface area contributed by atoms with Crippen molar-refractivity contribution in [1.29, 1.82) is 0 Å². The van der Waals surface area contributed by atoms with Crippen LogP contribution in [0.1, 0.15) is 12.6 Å². The number of imidazole rings is 1. The predicted molar refractivity (Wildman–Crippen MR) is 67.5 cm³/mol. The van der Waals surface area contributed by atoms with Crippen LogP contribution in [0.15, 0.2) is 41.9 Å². The lowest BCUT2D eigenvalue weighted by atomic mass is 10.3. The predicted octanol–water partition coefficient (Wildman–Crippen LogP) is 1.51. The van der Waals surface area contributed by atoms with E-state index in [1.54, 1.807) is 0 Å². The van der Waals surface area contributed by atoms with Crippen molar-refractivity contribution >= 4 is 6.21 Å². The molecule has 0 fully saturated rings. The van der Waals surface area contributed by atoms with Crippen molar-refractivity contribution in [3.8, 4) is 11.4 Å². The van der Waals surface area contributed by atoms with Crippen molar-refractivity contribution in [3.05, 3.63) is 42.5 Å². The van der Waals surface area contributed by atoms with Crippen molar-refractivity contribution in [3.63, 3.8) is 0 Å². The molecular formula is C13H16N3O2+. The molecule has 0 aliphatic carbocycles. The zero-order chi connectivity index (χ0) is 13.0. The van der Waals surface area contributed by atoms with Gasteiger partial charge in [-0.1, -0.05) is 5.16 Å². The number of nitrogens with zero attached hydrogens (tertiary/aromatic N) is 3. The Morgan fingerprint density at radius 1 is 1.39 bits per heavy atom. The summed E-state index contributed by atoms with van der Waals surface area (Å²) in [6, 6.07) is 7.81. The average molecular weight is 246 g/mol. The van der Waals surface area contributed by atoms with Crippen LogP contribution >= 0.6 is 0 Å². The first kappa shape index (κ1) is 12.2. The van der Waals surface area contributed by atoms with Gasteiger partial charge < -0.3 is 9.94 Å². The van der Waals surface area contributed by atoms with E-state index in [0.717, 1.165) is 17.1 Å². The van der Waals surface area contributed by atoms with Crippen LogP contribution in [0.2, 0.25) is 0 Å². The second-order valence-corrected chi connectivity index (χ2v) is 3.86. The first-order valence-corrected chi connectivity index (χ1v) is 5.73. The molecule has 18 heavy (non-hydrogen) atoms. The molecule has 2 rings (SSSR count). The van der Waals surface area contributed by atoms with Crippen molar-refractivity contribution < 1.29 is 14.5 Å². The minimum absolute atomic E-state index is 0.662. The van der Waals surface area contributed by atoms with E-state index in [1.807, 2.05) is 59.9 Å². The lowest BCUT2D eigenvalue weighted by Gasteiger charge is -2.02. The molecule has 0 spiro atoms. The average Bonchev–Trinajstić information content (AvgIpc) is 2.73. The molecule has 0 radical (unpaired) electrons. The highest BCUT2D eigenvalue weighted by Gasteiger charge is 2.10. The maximum atomic E-state index is 8.55. The molecule has 5 heteroatoms. The zero-order valence-corrected chi connectivity index (χ0v) is 10.4. The lowest BCUT2D eigenvalue weighted by Crippen LogP contribution is -2.27. The molecule has 0 saturated carbocycles. The van der Waals surface area contributed by atoms with Gasteiger partial charge in [-0.05, 0) is 31.2 Å². The molecule has 1 heterocycles.